The highest BCUT2D eigenvalue weighted by atomic mass is 19.4. The van der Waals surface area contributed by atoms with Crippen molar-refractivity contribution in [3.8, 4) is 0 Å². The Bertz CT molecular complexity index is 331. The van der Waals surface area contributed by atoms with Crippen LogP contribution in [0.15, 0.2) is 24.3 Å². The minimum absolute atomic E-state index is 0.248. The van der Waals surface area contributed by atoms with Gasteiger partial charge in [-0.2, -0.15) is 13.2 Å². The van der Waals surface area contributed by atoms with Crippen LogP contribution in [-0.4, -0.2) is 6.18 Å². The molecule has 0 aliphatic rings. The summed E-state index contributed by atoms with van der Waals surface area (Å²) in [5.74, 6) is 0. The molecule has 0 aliphatic carbocycles. The third kappa shape index (κ3) is 3.57. The van der Waals surface area contributed by atoms with Gasteiger partial charge >= 0.3 is 6.18 Å². The Balaban J connectivity index is 3.08. The predicted octanol–water partition coefficient (Wildman–Crippen LogP) is 4.09. The van der Waals surface area contributed by atoms with Crippen molar-refractivity contribution < 1.29 is 13.2 Å². The van der Waals surface area contributed by atoms with E-state index in [4.69, 9.17) is 0 Å². The fourth-order valence-corrected chi connectivity index (χ4v) is 1.62. The zero-order valence-corrected chi connectivity index (χ0v) is 9.15. The number of benzene rings is 1. The van der Waals surface area contributed by atoms with Gasteiger partial charge in [0.2, 0.25) is 0 Å². The van der Waals surface area contributed by atoms with E-state index < -0.39 is 12.6 Å². The quantitative estimate of drug-likeness (QED) is 0.663. The molecule has 0 bridgehead atoms. The number of hydrogen-bond donors (Lipinski definition) is 0. The van der Waals surface area contributed by atoms with Crippen LogP contribution < -0.4 is 0 Å². The molecule has 84 valence electrons. The van der Waals surface area contributed by atoms with Gasteiger partial charge in [0.1, 0.15) is 0 Å². The Labute approximate surface area is 88.1 Å². The van der Waals surface area contributed by atoms with Crippen LogP contribution in [0.4, 0.5) is 13.2 Å². The van der Waals surface area contributed by atoms with Crippen molar-refractivity contribution >= 4 is 0 Å². The van der Waals surface area contributed by atoms with Gasteiger partial charge < -0.3 is 0 Å². The van der Waals surface area contributed by atoms with E-state index in [9.17, 15) is 13.2 Å². The van der Waals surface area contributed by atoms with Crippen molar-refractivity contribution in [3.05, 3.63) is 35.4 Å². The van der Waals surface area contributed by atoms with Crippen LogP contribution in [0.5, 0.6) is 0 Å². The van der Waals surface area contributed by atoms with Gasteiger partial charge in [0.05, 0.1) is 6.42 Å². The summed E-state index contributed by atoms with van der Waals surface area (Å²) in [6.07, 6.45) is -4.98. The molecule has 0 atom stereocenters. The Kier molecular flexibility index (Phi) is 3.12. The first kappa shape index (κ1) is 12.1. The first-order chi connectivity index (χ1) is 6.70. The molecule has 0 nitrogen and oxygen atoms in total. The Hall–Kier alpha value is -0.990. The Morgan fingerprint density at radius 3 is 2.00 bits per heavy atom. The summed E-state index contributed by atoms with van der Waals surface area (Å²) in [5.41, 5.74) is 0.891. The average Bonchev–Trinajstić information content (AvgIpc) is 1.99. The molecule has 1 aromatic carbocycles. The summed E-state index contributed by atoms with van der Waals surface area (Å²) in [6.45, 7) is 5.76. The van der Waals surface area contributed by atoms with Crippen molar-refractivity contribution in [2.75, 3.05) is 0 Å². The van der Waals surface area contributed by atoms with Crippen molar-refractivity contribution in [1.29, 1.82) is 0 Å². The molecular weight excluding hydrogens is 201 g/mol. The van der Waals surface area contributed by atoms with Crippen LogP contribution in [0.3, 0.4) is 0 Å². The second kappa shape index (κ2) is 3.87. The second-order valence-corrected chi connectivity index (χ2v) is 4.70. The van der Waals surface area contributed by atoms with Crippen LogP contribution >= 0.6 is 0 Å². The molecule has 3 heteroatoms. The number of hydrogen-bond acceptors (Lipinski definition) is 0. The third-order valence-corrected chi connectivity index (χ3v) is 2.22. The molecule has 0 N–H and O–H groups in total. The Morgan fingerprint density at radius 1 is 1.00 bits per heavy atom. The monoisotopic (exact) mass is 216 g/mol. The maximum Gasteiger partial charge on any atom is 0.393 e. The van der Waals surface area contributed by atoms with Crippen molar-refractivity contribution in [3.63, 3.8) is 0 Å². The molecule has 0 fully saturated rings. The molecule has 0 spiro atoms. The highest BCUT2D eigenvalue weighted by Gasteiger charge is 2.30. The highest BCUT2D eigenvalue weighted by Crippen LogP contribution is 2.30. The van der Waals surface area contributed by atoms with E-state index in [0.717, 1.165) is 5.56 Å². The zero-order chi connectivity index (χ0) is 11.7. The minimum Gasteiger partial charge on any atom is -0.171 e. The van der Waals surface area contributed by atoms with Gasteiger partial charge in [-0.3, -0.25) is 0 Å². The van der Waals surface area contributed by atoms with Crippen LogP contribution in [-0.2, 0) is 11.8 Å². The summed E-state index contributed by atoms with van der Waals surface area (Å²) >= 11 is 0. The normalized spacial score (nSPS) is 12.9. The van der Waals surface area contributed by atoms with E-state index in [0.29, 0.717) is 5.56 Å². The molecule has 1 aromatic rings. The van der Waals surface area contributed by atoms with Crippen molar-refractivity contribution in [1.82, 2.24) is 0 Å². The lowest BCUT2D eigenvalue weighted by molar-refractivity contribution is -0.127. The molecule has 0 aliphatic heterocycles. The van der Waals surface area contributed by atoms with E-state index in [-0.39, 0.29) is 5.41 Å². The van der Waals surface area contributed by atoms with E-state index in [1.807, 2.05) is 20.8 Å². The van der Waals surface area contributed by atoms with Gasteiger partial charge in [0, 0.05) is 0 Å². The molecule has 0 unspecified atom stereocenters. The Morgan fingerprint density at radius 2 is 1.53 bits per heavy atom. The predicted molar refractivity (Wildman–Crippen MR) is 54.9 cm³/mol. The standard InChI is InChI=1S/C12H15F3/c1-11(2,3)10-7-5-4-6-9(10)8-12(13,14)15/h4-7H,8H2,1-3H3. The molecule has 0 saturated carbocycles. The SMILES string of the molecule is CC(C)(C)c1ccccc1CC(F)(F)F. The van der Waals surface area contributed by atoms with Gasteiger partial charge in [-0.05, 0) is 16.5 Å². The van der Waals surface area contributed by atoms with Gasteiger partial charge in [0.25, 0.3) is 0 Å². The largest absolute Gasteiger partial charge is 0.393 e. The van der Waals surface area contributed by atoms with Crippen LogP contribution in [0, 0.1) is 0 Å². The fourth-order valence-electron chi connectivity index (χ4n) is 1.62. The summed E-state index contributed by atoms with van der Waals surface area (Å²) in [7, 11) is 0. The molecule has 0 amide bonds. The minimum atomic E-state index is -4.14. The van der Waals surface area contributed by atoms with E-state index >= 15 is 0 Å². The first-order valence-corrected chi connectivity index (χ1v) is 4.85. The summed E-state index contributed by atoms with van der Waals surface area (Å²) in [4.78, 5) is 0. The van der Waals surface area contributed by atoms with Gasteiger partial charge in [-0.1, -0.05) is 45.0 Å². The van der Waals surface area contributed by atoms with Crippen molar-refractivity contribution in [2.24, 2.45) is 0 Å². The summed E-state index contributed by atoms with van der Waals surface area (Å²) < 4.78 is 36.9. The number of rotatable bonds is 1. The van der Waals surface area contributed by atoms with E-state index in [1.165, 1.54) is 0 Å². The number of alkyl halides is 3. The average molecular weight is 216 g/mol. The summed E-state index contributed by atoms with van der Waals surface area (Å²) in [5, 5.41) is 0. The molecule has 0 radical (unpaired) electrons. The molecule has 0 heterocycles. The van der Waals surface area contributed by atoms with Crippen molar-refractivity contribution in [2.45, 2.75) is 38.8 Å². The van der Waals surface area contributed by atoms with Gasteiger partial charge in [-0.25, -0.2) is 0 Å². The lowest BCUT2D eigenvalue weighted by Crippen LogP contribution is -2.19. The second-order valence-electron chi connectivity index (χ2n) is 4.70. The fraction of sp³-hybridized carbons (Fsp3) is 0.500. The van der Waals surface area contributed by atoms with Crippen LogP contribution in [0.1, 0.15) is 31.9 Å². The third-order valence-electron chi connectivity index (χ3n) is 2.22. The van der Waals surface area contributed by atoms with E-state index in [1.54, 1.807) is 24.3 Å². The molecule has 0 aromatic heterocycles. The van der Waals surface area contributed by atoms with Gasteiger partial charge in [0.15, 0.2) is 0 Å². The maximum atomic E-state index is 12.3. The summed E-state index contributed by atoms with van der Waals surface area (Å²) in [6, 6.07) is 6.74. The molecule has 0 saturated heterocycles. The maximum absolute atomic E-state index is 12.3. The van der Waals surface area contributed by atoms with E-state index in [2.05, 4.69) is 0 Å². The van der Waals surface area contributed by atoms with Crippen LogP contribution in [0.2, 0.25) is 0 Å². The number of halogens is 3. The topological polar surface area (TPSA) is 0 Å². The molecular formula is C12H15F3. The lowest BCUT2D eigenvalue weighted by atomic mass is 9.83. The smallest absolute Gasteiger partial charge is 0.171 e. The molecule has 1 rings (SSSR count). The van der Waals surface area contributed by atoms with Gasteiger partial charge in [-0.15, -0.1) is 0 Å². The lowest BCUT2D eigenvalue weighted by Gasteiger charge is -2.23. The molecule has 15 heavy (non-hydrogen) atoms. The highest BCUT2D eigenvalue weighted by molar-refractivity contribution is 5.33. The first-order valence-electron chi connectivity index (χ1n) is 4.85. The van der Waals surface area contributed by atoms with Crippen LogP contribution in [0.25, 0.3) is 0 Å². The zero-order valence-electron chi connectivity index (χ0n) is 9.15.